The third-order valence-corrected chi connectivity index (χ3v) is 2.95. The number of carboxylic acids is 1. The second kappa shape index (κ2) is 8.71. The van der Waals surface area contributed by atoms with Crippen LogP contribution in [0.5, 0.6) is 0 Å². The highest BCUT2D eigenvalue weighted by Gasteiger charge is 2.26. The summed E-state index contributed by atoms with van der Waals surface area (Å²) in [7, 11) is 2.94. The van der Waals surface area contributed by atoms with Crippen molar-refractivity contribution < 1.29 is 24.5 Å². The number of hydrogen-bond acceptors (Lipinski definition) is 4. The maximum Gasteiger partial charge on any atom is 0.326 e. The summed E-state index contributed by atoms with van der Waals surface area (Å²) in [6.07, 6.45) is -0.152. The van der Waals surface area contributed by atoms with Gasteiger partial charge in [0.1, 0.15) is 6.04 Å². The van der Waals surface area contributed by atoms with Crippen LogP contribution in [0.3, 0.4) is 0 Å². The number of aliphatic carboxylic acids is 1. The van der Waals surface area contributed by atoms with Crippen molar-refractivity contribution >= 4 is 12.0 Å². The molecule has 0 saturated carbocycles. The second-order valence-electron chi connectivity index (χ2n) is 4.64. The van der Waals surface area contributed by atoms with Gasteiger partial charge in [-0.2, -0.15) is 0 Å². The van der Waals surface area contributed by atoms with E-state index in [9.17, 15) is 14.7 Å². The number of amides is 2. The van der Waals surface area contributed by atoms with Crippen LogP contribution in [-0.2, 0) is 9.53 Å². The van der Waals surface area contributed by atoms with Crippen molar-refractivity contribution in [2.45, 2.75) is 32.4 Å². The first-order chi connectivity index (χ1) is 8.83. The third kappa shape index (κ3) is 6.40. The molecule has 0 aliphatic heterocycles. The van der Waals surface area contributed by atoms with Gasteiger partial charge in [-0.1, -0.05) is 20.3 Å². The number of methoxy groups -OCH3 is 1. The Bertz CT molecular complexity index is 298. The summed E-state index contributed by atoms with van der Waals surface area (Å²) in [6, 6.07) is -1.46. The minimum Gasteiger partial charge on any atom is -0.480 e. The van der Waals surface area contributed by atoms with E-state index in [-0.39, 0.29) is 19.1 Å². The minimum absolute atomic E-state index is 0.0759. The summed E-state index contributed by atoms with van der Waals surface area (Å²) in [4.78, 5) is 24.1. The topological polar surface area (TPSA) is 99.1 Å². The van der Waals surface area contributed by atoms with Crippen LogP contribution in [0.1, 0.15) is 20.3 Å². The smallest absolute Gasteiger partial charge is 0.326 e. The molecule has 0 aromatic carbocycles. The second-order valence-corrected chi connectivity index (χ2v) is 4.64. The van der Waals surface area contributed by atoms with Crippen molar-refractivity contribution in [1.29, 1.82) is 0 Å². The number of nitrogens with one attached hydrogen (secondary N) is 1. The number of rotatable bonds is 8. The maximum atomic E-state index is 11.8. The molecular weight excluding hydrogens is 252 g/mol. The molecule has 0 rings (SSSR count). The Kier molecular flexibility index (Phi) is 8.09. The molecule has 7 heteroatoms. The molecule has 0 spiro atoms. The molecule has 7 nitrogen and oxygen atoms in total. The van der Waals surface area contributed by atoms with Gasteiger partial charge in [-0.15, -0.1) is 0 Å². The first-order valence-corrected chi connectivity index (χ1v) is 6.24. The Labute approximate surface area is 113 Å². The number of urea groups is 1. The summed E-state index contributed by atoms with van der Waals surface area (Å²) < 4.78 is 4.76. The summed E-state index contributed by atoms with van der Waals surface area (Å²) in [5, 5.41) is 21.0. The predicted octanol–water partition coefficient (Wildman–Crippen LogP) is 0.134. The zero-order valence-corrected chi connectivity index (χ0v) is 11.9. The number of nitrogens with zero attached hydrogens (tertiary/aromatic N) is 1. The van der Waals surface area contributed by atoms with Crippen LogP contribution in [0.4, 0.5) is 4.79 Å². The molecule has 0 fully saturated rings. The van der Waals surface area contributed by atoms with Gasteiger partial charge < -0.3 is 25.2 Å². The van der Waals surface area contributed by atoms with Gasteiger partial charge in [0.15, 0.2) is 0 Å². The number of carboxylic acid groups (broad SMARTS) is 1. The quantitative estimate of drug-likeness (QED) is 0.585. The summed E-state index contributed by atoms with van der Waals surface area (Å²) in [6.45, 7) is 3.81. The number of aliphatic hydroxyl groups excluding tert-OH is 1. The number of aliphatic hydroxyl groups is 1. The zero-order chi connectivity index (χ0) is 15.0. The normalized spacial score (nSPS) is 15.4. The zero-order valence-electron chi connectivity index (χ0n) is 11.9. The van der Waals surface area contributed by atoms with Crippen molar-refractivity contribution in [2.75, 3.05) is 27.3 Å². The molecule has 1 unspecified atom stereocenters. The van der Waals surface area contributed by atoms with Gasteiger partial charge in [0, 0.05) is 14.2 Å². The average Bonchev–Trinajstić information content (AvgIpc) is 2.34. The SMILES string of the molecule is CC[C@H](C)[C@H](NC(=O)N(C)CC(O)COC)C(=O)O. The highest BCUT2D eigenvalue weighted by Crippen LogP contribution is 2.08. The fourth-order valence-corrected chi connectivity index (χ4v) is 1.57. The van der Waals surface area contributed by atoms with Crippen molar-refractivity contribution in [2.24, 2.45) is 5.92 Å². The monoisotopic (exact) mass is 276 g/mol. The highest BCUT2D eigenvalue weighted by atomic mass is 16.5. The van der Waals surface area contributed by atoms with Gasteiger partial charge >= 0.3 is 12.0 Å². The molecule has 0 heterocycles. The minimum atomic E-state index is -1.06. The lowest BCUT2D eigenvalue weighted by molar-refractivity contribution is -0.140. The van der Waals surface area contributed by atoms with E-state index in [0.717, 1.165) is 0 Å². The molecular formula is C12H24N2O5. The third-order valence-electron chi connectivity index (χ3n) is 2.95. The van der Waals surface area contributed by atoms with Gasteiger partial charge in [0.05, 0.1) is 19.3 Å². The molecule has 3 atom stereocenters. The van der Waals surface area contributed by atoms with E-state index in [0.29, 0.717) is 6.42 Å². The number of hydrogen-bond donors (Lipinski definition) is 3. The Hall–Kier alpha value is -1.34. The maximum absolute atomic E-state index is 11.8. The van der Waals surface area contributed by atoms with Crippen LogP contribution < -0.4 is 5.32 Å². The van der Waals surface area contributed by atoms with Crippen LogP contribution >= 0.6 is 0 Å². The lowest BCUT2D eigenvalue weighted by Gasteiger charge is -2.25. The molecule has 0 bridgehead atoms. The van der Waals surface area contributed by atoms with Gasteiger partial charge in [0.2, 0.25) is 0 Å². The summed E-state index contributed by atoms with van der Waals surface area (Å²) >= 11 is 0. The summed E-state index contributed by atoms with van der Waals surface area (Å²) in [5.41, 5.74) is 0. The average molecular weight is 276 g/mol. The van der Waals surface area contributed by atoms with Crippen LogP contribution in [0.15, 0.2) is 0 Å². The molecule has 0 aromatic rings. The first kappa shape index (κ1) is 17.7. The van der Waals surface area contributed by atoms with E-state index in [1.54, 1.807) is 6.92 Å². The fourth-order valence-electron chi connectivity index (χ4n) is 1.57. The van der Waals surface area contributed by atoms with Crippen molar-refractivity contribution in [3.05, 3.63) is 0 Å². The molecule has 3 N–H and O–H groups in total. The summed E-state index contributed by atoms with van der Waals surface area (Å²) in [5.74, 6) is -1.23. The Balaban J connectivity index is 4.43. The number of carbonyl (C=O) groups excluding carboxylic acids is 1. The molecule has 0 aliphatic carbocycles. The molecule has 0 radical (unpaired) electrons. The van der Waals surface area contributed by atoms with Crippen LogP contribution in [0, 0.1) is 5.92 Å². The van der Waals surface area contributed by atoms with E-state index in [1.165, 1.54) is 19.1 Å². The molecule has 0 aliphatic rings. The molecule has 19 heavy (non-hydrogen) atoms. The molecule has 2 amide bonds. The Morgan fingerprint density at radius 1 is 1.42 bits per heavy atom. The number of carbonyl (C=O) groups is 2. The van der Waals surface area contributed by atoms with Gasteiger partial charge in [-0.3, -0.25) is 0 Å². The van der Waals surface area contributed by atoms with Crippen molar-refractivity contribution in [3.8, 4) is 0 Å². The standard InChI is InChI=1S/C12H24N2O5/c1-5-8(2)10(11(16)17)13-12(18)14(3)6-9(15)7-19-4/h8-10,15H,5-7H2,1-4H3,(H,13,18)(H,16,17)/t8-,9?,10-/m0/s1. The molecule has 0 aromatic heterocycles. The van der Waals surface area contributed by atoms with Crippen LogP contribution in [0.25, 0.3) is 0 Å². The van der Waals surface area contributed by atoms with Gasteiger partial charge in [-0.05, 0) is 5.92 Å². The van der Waals surface area contributed by atoms with Gasteiger partial charge in [-0.25, -0.2) is 9.59 Å². The predicted molar refractivity (Wildman–Crippen MR) is 69.9 cm³/mol. The van der Waals surface area contributed by atoms with Crippen LogP contribution in [0.2, 0.25) is 0 Å². The lowest BCUT2D eigenvalue weighted by Crippen LogP contribution is -2.51. The Morgan fingerprint density at radius 3 is 2.42 bits per heavy atom. The molecule has 0 saturated heterocycles. The van der Waals surface area contributed by atoms with E-state index in [1.807, 2.05) is 6.92 Å². The largest absolute Gasteiger partial charge is 0.480 e. The van der Waals surface area contributed by atoms with Gasteiger partial charge in [0.25, 0.3) is 0 Å². The lowest BCUT2D eigenvalue weighted by atomic mass is 9.99. The van der Waals surface area contributed by atoms with Crippen molar-refractivity contribution in [1.82, 2.24) is 10.2 Å². The fraction of sp³-hybridized carbons (Fsp3) is 0.833. The van der Waals surface area contributed by atoms with E-state index in [2.05, 4.69) is 5.32 Å². The van der Waals surface area contributed by atoms with E-state index < -0.39 is 24.1 Å². The van der Waals surface area contributed by atoms with Crippen LogP contribution in [-0.4, -0.2) is 66.6 Å². The molecule has 112 valence electrons. The Morgan fingerprint density at radius 2 is 2.00 bits per heavy atom. The van der Waals surface area contributed by atoms with E-state index in [4.69, 9.17) is 9.84 Å². The first-order valence-electron chi connectivity index (χ1n) is 6.24. The van der Waals surface area contributed by atoms with Crippen molar-refractivity contribution in [3.63, 3.8) is 0 Å². The van der Waals surface area contributed by atoms with E-state index >= 15 is 0 Å². The number of likely N-dealkylation sites (N-methyl/N-ethyl adjacent to an activating group) is 1. The highest BCUT2D eigenvalue weighted by molar-refractivity contribution is 5.82. The number of ether oxygens (including phenoxy) is 1.